The van der Waals surface area contributed by atoms with Gasteiger partial charge in [0.2, 0.25) is 0 Å². The third kappa shape index (κ3) is 3.12. The zero-order valence-electron chi connectivity index (χ0n) is 13.4. The van der Waals surface area contributed by atoms with Crippen molar-refractivity contribution in [1.82, 2.24) is 4.90 Å². The maximum Gasteiger partial charge on any atom is 0.410 e. The van der Waals surface area contributed by atoms with Gasteiger partial charge in [0.1, 0.15) is 6.10 Å². The second-order valence-electron chi connectivity index (χ2n) is 6.20. The predicted molar refractivity (Wildman–Crippen MR) is 85.2 cm³/mol. The molecule has 0 radical (unpaired) electrons. The molecule has 0 bridgehead atoms. The van der Waals surface area contributed by atoms with Gasteiger partial charge >= 0.3 is 6.09 Å². The van der Waals surface area contributed by atoms with Gasteiger partial charge in [-0.2, -0.15) is 0 Å². The van der Waals surface area contributed by atoms with Crippen LogP contribution in [0, 0.1) is 5.92 Å². The predicted octanol–water partition coefficient (Wildman–Crippen LogP) is 4.34. The van der Waals surface area contributed by atoms with Gasteiger partial charge in [-0.25, -0.2) is 4.79 Å². The topological polar surface area (TPSA) is 29.5 Å². The Morgan fingerprint density at radius 3 is 2.48 bits per heavy atom. The average Bonchev–Trinajstić information content (AvgIpc) is 2.76. The number of rotatable bonds is 4. The summed E-state index contributed by atoms with van der Waals surface area (Å²) < 4.78 is 5.84. The highest BCUT2D eigenvalue weighted by Gasteiger charge is 2.35. The highest BCUT2D eigenvalue weighted by Crippen LogP contribution is 2.39. The molecule has 1 aliphatic carbocycles. The molecule has 1 aromatic carbocycles. The van der Waals surface area contributed by atoms with E-state index >= 15 is 0 Å². The first-order valence-corrected chi connectivity index (χ1v) is 7.65. The molecule has 0 unspecified atom stereocenters. The van der Waals surface area contributed by atoms with Crippen molar-refractivity contribution in [2.45, 2.75) is 52.3 Å². The first-order valence-electron chi connectivity index (χ1n) is 7.65. The van der Waals surface area contributed by atoms with E-state index in [4.69, 9.17) is 4.74 Å². The van der Waals surface area contributed by atoms with Crippen LogP contribution in [0.15, 0.2) is 36.9 Å². The molecule has 3 heteroatoms. The summed E-state index contributed by atoms with van der Waals surface area (Å²) in [5.41, 5.74) is 2.36. The molecule has 3 nitrogen and oxygen atoms in total. The smallest absolute Gasteiger partial charge is 0.410 e. The molecule has 0 N–H and O–H groups in total. The van der Waals surface area contributed by atoms with Crippen molar-refractivity contribution in [2.24, 2.45) is 5.92 Å². The van der Waals surface area contributed by atoms with Crippen molar-refractivity contribution < 1.29 is 9.53 Å². The third-order valence-electron chi connectivity index (χ3n) is 4.06. The number of hydrogen-bond donors (Lipinski definition) is 0. The molecule has 21 heavy (non-hydrogen) atoms. The number of amides is 1. The number of ether oxygens (including phenoxy) is 1. The summed E-state index contributed by atoms with van der Waals surface area (Å²) >= 11 is 0. The molecule has 1 amide bonds. The Morgan fingerprint density at radius 2 is 1.90 bits per heavy atom. The van der Waals surface area contributed by atoms with Gasteiger partial charge in [0.15, 0.2) is 0 Å². The molecule has 0 fully saturated rings. The van der Waals surface area contributed by atoms with E-state index in [2.05, 4.69) is 12.6 Å². The average molecular weight is 287 g/mol. The van der Waals surface area contributed by atoms with Gasteiger partial charge < -0.3 is 9.64 Å². The van der Waals surface area contributed by atoms with Gasteiger partial charge in [-0.15, -0.1) is 6.58 Å². The van der Waals surface area contributed by atoms with Crippen LogP contribution >= 0.6 is 0 Å². The van der Waals surface area contributed by atoms with Crippen LogP contribution in [0.4, 0.5) is 4.79 Å². The maximum atomic E-state index is 12.5. The first kappa shape index (κ1) is 15.6. The van der Waals surface area contributed by atoms with Crippen molar-refractivity contribution in [1.29, 1.82) is 0 Å². The summed E-state index contributed by atoms with van der Waals surface area (Å²) in [5, 5.41) is 0. The maximum absolute atomic E-state index is 12.5. The van der Waals surface area contributed by atoms with Crippen LogP contribution in [0.5, 0.6) is 0 Å². The van der Waals surface area contributed by atoms with Gasteiger partial charge in [-0.05, 0) is 45.2 Å². The van der Waals surface area contributed by atoms with Crippen LogP contribution in [0.25, 0.3) is 0 Å². The SMILES string of the molecule is C=C[C@@H]1Cc2ccccc2[C@H]1OC(=O)N(C(C)C)C(C)C. The molecule has 114 valence electrons. The Bertz CT molecular complexity index is 514. The molecular formula is C18H25NO2. The van der Waals surface area contributed by atoms with Crippen molar-refractivity contribution in [3.8, 4) is 0 Å². The number of carbonyl (C=O) groups excluding carboxylic acids is 1. The van der Waals surface area contributed by atoms with E-state index in [0.717, 1.165) is 12.0 Å². The molecule has 0 heterocycles. The van der Waals surface area contributed by atoms with E-state index in [1.807, 2.05) is 52.0 Å². The highest BCUT2D eigenvalue weighted by atomic mass is 16.6. The zero-order valence-corrected chi connectivity index (χ0v) is 13.4. The first-order chi connectivity index (χ1) is 9.95. The summed E-state index contributed by atoms with van der Waals surface area (Å²) in [6.07, 6.45) is 2.33. The molecular weight excluding hydrogens is 262 g/mol. The zero-order chi connectivity index (χ0) is 15.6. The lowest BCUT2D eigenvalue weighted by Gasteiger charge is -2.32. The van der Waals surface area contributed by atoms with Crippen LogP contribution in [0.1, 0.15) is 44.9 Å². The van der Waals surface area contributed by atoms with Crippen LogP contribution < -0.4 is 0 Å². The normalized spacial score (nSPS) is 20.5. The third-order valence-corrected chi connectivity index (χ3v) is 4.06. The van der Waals surface area contributed by atoms with Gasteiger partial charge in [0.05, 0.1) is 0 Å². The van der Waals surface area contributed by atoms with Gasteiger partial charge in [-0.3, -0.25) is 0 Å². The lowest BCUT2D eigenvalue weighted by molar-refractivity contribution is 0.0339. The standard InChI is InChI=1S/C18H25NO2/c1-6-14-11-15-9-7-8-10-16(15)17(14)21-18(20)19(12(2)3)13(4)5/h6-10,12-14,17H,1,11H2,2-5H3/t14-,17+/m1/s1. The molecule has 2 rings (SSSR count). The Hall–Kier alpha value is -1.77. The molecule has 0 aromatic heterocycles. The van der Waals surface area contributed by atoms with Crippen molar-refractivity contribution in [2.75, 3.05) is 0 Å². The lowest BCUT2D eigenvalue weighted by atomic mass is 10.0. The van der Waals surface area contributed by atoms with Crippen LogP contribution in [0.2, 0.25) is 0 Å². The van der Waals surface area contributed by atoms with Gasteiger partial charge in [0, 0.05) is 18.0 Å². The van der Waals surface area contributed by atoms with Crippen molar-refractivity contribution >= 4 is 6.09 Å². The van der Waals surface area contributed by atoms with E-state index in [9.17, 15) is 4.79 Å². The van der Waals surface area contributed by atoms with E-state index in [1.54, 1.807) is 4.90 Å². The molecule has 1 aliphatic rings. The second-order valence-corrected chi connectivity index (χ2v) is 6.20. The minimum atomic E-state index is -0.242. The highest BCUT2D eigenvalue weighted by molar-refractivity contribution is 5.69. The quantitative estimate of drug-likeness (QED) is 0.771. The summed E-state index contributed by atoms with van der Waals surface area (Å²) in [6.45, 7) is 11.9. The Morgan fingerprint density at radius 1 is 1.29 bits per heavy atom. The van der Waals surface area contributed by atoms with Gasteiger partial charge in [-0.1, -0.05) is 30.3 Å². The number of benzene rings is 1. The fourth-order valence-corrected chi connectivity index (χ4v) is 3.13. The van der Waals surface area contributed by atoms with E-state index in [1.165, 1.54) is 5.56 Å². The van der Waals surface area contributed by atoms with Crippen molar-refractivity contribution in [3.63, 3.8) is 0 Å². The second kappa shape index (κ2) is 6.33. The molecule has 0 saturated carbocycles. The summed E-state index contributed by atoms with van der Waals surface area (Å²) in [7, 11) is 0. The fraction of sp³-hybridized carbons (Fsp3) is 0.500. The van der Waals surface area contributed by atoms with Crippen LogP contribution in [0.3, 0.4) is 0 Å². The Labute approximate surface area is 127 Å². The minimum absolute atomic E-state index is 0.122. The molecule has 0 saturated heterocycles. The Kier molecular flexibility index (Phi) is 4.71. The van der Waals surface area contributed by atoms with Crippen LogP contribution in [-0.2, 0) is 11.2 Å². The summed E-state index contributed by atoms with van der Waals surface area (Å²) in [5.74, 6) is 0.160. The molecule has 0 aliphatic heterocycles. The van der Waals surface area contributed by atoms with Gasteiger partial charge in [0.25, 0.3) is 0 Å². The molecule has 2 atom stereocenters. The summed E-state index contributed by atoms with van der Waals surface area (Å²) in [4.78, 5) is 14.3. The van der Waals surface area contributed by atoms with Crippen molar-refractivity contribution in [3.05, 3.63) is 48.0 Å². The molecule has 0 spiro atoms. The minimum Gasteiger partial charge on any atom is -0.441 e. The fourth-order valence-electron chi connectivity index (χ4n) is 3.13. The van der Waals surface area contributed by atoms with E-state index in [0.29, 0.717) is 0 Å². The monoisotopic (exact) mass is 287 g/mol. The number of nitrogens with zero attached hydrogens (tertiary/aromatic N) is 1. The number of hydrogen-bond acceptors (Lipinski definition) is 2. The van der Waals surface area contributed by atoms with Crippen LogP contribution in [-0.4, -0.2) is 23.1 Å². The molecule has 1 aromatic rings. The number of carbonyl (C=O) groups is 1. The van der Waals surface area contributed by atoms with E-state index in [-0.39, 0.29) is 30.2 Å². The number of fused-ring (bicyclic) bond motifs is 1. The Balaban J connectivity index is 2.21. The van der Waals surface area contributed by atoms with E-state index < -0.39 is 0 Å². The summed E-state index contributed by atoms with van der Waals surface area (Å²) in [6, 6.07) is 8.41. The lowest BCUT2D eigenvalue weighted by Crippen LogP contribution is -2.43. The largest absolute Gasteiger partial charge is 0.441 e.